The minimum absolute atomic E-state index is 0.228. The van der Waals surface area contributed by atoms with Gasteiger partial charge < -0.3 is 10.0 Å². The largest absolute Gasteiger partial charge is 0.480 e. The van der Waals surface area contributed by atoms with E-state index in [0.29, 0.717) is 12.2 Å². The molecule has 2 N–H and O–H groups in total. The molecule has 2 saturated heterocycles. The number of amides is 4. The number of carboxylic acids is 1. The summed E-state index contributed by atoms with van der Waals surface area (Å²) in [6.45, 7) is 1.40. The molecular formula is C11H15N3O5S. The summed E-state index contributed by atoms with van der Waals surface area (Å²) in [6.07, 6.45) is 0.605. The van der Waals surface area contributed by atoms with Crippen LogP contribution in [0.15, 0.2) is 0 Å². The lowest BCUT2D eigenvalue weighted by atomic mass is 10.2. The molecule has 20 heavy (non-hydrogen) atoms. The summed E-state index contributed by atoms with van der Waals surface area (Å²) in [7, 11) is 0. The summed E-state index contributed by atoms with van der Waals surface area (Å²) in [6, 6.07) is -1.49. The molecular weight excluding hydrogens is 286 g/mol. The Hall–Kier alpha value is -1.77. The van der Waals surface area contributed by atoms with Crippen molar-refractivity contribution in [3.63, 3.8) is 0 Å². The Balaban J connectivity index is 2.18. The average Bonchev–Trinajstić information content (AvgIpc) is 2.80. The van der Waals surface area contributed by atoms with Gasteiger partial charge in [-0.2, -0.15) is 0 Å². The third-order valence-electron chi connectivity index (χ3n) is 3.17. The molecule has 0 spiro atoms. The molecule has 2 unspecified atom stereocenters. The van der Waals surface area contributed by atoms with Crippen LogP contribution in [0, 0.1) is 0 Å². The van der Waals surface area contributed by atoms with Gasteiger partial charge in [0.1, 0.15) is 19.1 Å². The lowest BCUT2D eigenvalue weighted by Crippen LogP contribution is -2.59. The number of hydrogen-bond donors (Lipinski definition) is 2. The van der Waals surface area contributed by atoms with Crippen molar-refractivity contribution in [3.05, 3.63) is 0 Å². The number of carboxylic acid groups (broad SMARTS) is 1. The molecule has 2 aliphatic rings. The SMILES string of the molecule is CCC1SCC(C(=O)O)N1C(=O)N1CC(=O)NC(=O)C1. The Morgan fingerprint density at radius 3 is 2.45 bits per heavy atom. The predicted molar refractivity (Wildman–Crippen MR) is 69.9 cm³/mol. The van der Waals surface area contributed by atoms with Crippen LogP contribution in [0.1, 0.15) is 13.3 Å². The van der Waals surface area contributed by atoms with E-state index in [9.17, 15) is 24.3 Å². The van der Waals surface area contributed by atoms with Gasteiger partial charge >= 0.3 is 12.0 Å². The van der Waals surface area contributed by atoms with Gasteiger partial charge in [-0.25, -0.2) is 9.59 Å². The van der Waals surface area contributed by atoms with Crippen molar-refractivity contribution in [2.24, 2.45) is 0 Å². The Bertz CT molecular complexity index is 453. The van der Waals surface area contributed by atoms with Gasteiger partial charge in [0.2, 0.25) is 11.8 Å². The van der Waals surface area contributed by atoms with Crippen molar-refractivity contribution >= 4 is 35.6 Å². The monoisotopic (exact) mass is 301 g/mol. The molecule has 0 aromatic heterocycles. The smallest absolute Gasteiger partial charge is 0.327 e. The topological polar surface area (TPSA) is 107 Å². The maximum absolute atomic E-state index is 12.4. The molecule has 2 aliphatic heterocycles. The third kappa shape index (κ3) is 2.72. The molecule has 2 rings (SSSR count). The van der Waals surface area contributed by atoms with Crippen molar-refractivity contribution in [3.8, 4) is 0 Å². The van der Waals surface area contributed by atoms with Gasteiger partial charge in [-0.1, -0.05) is 6.92 Å². The van der Waals surface area contributed by atoms with E-state index < -0.39 is 29.9 Å². The first-order chi connectivity index (χ1) is 9.43. The number of nitrogens with one attached hydrogen (secondary N) is 1. The number of nitrogens with zero attached hydrogens (tertiary/aromatic N) is 2. The van der Waals surface area contributed by atoms with Crippen LogP contribution in [0.5, 0.6) is 0 Å². The number of rotatable bonds is 2. The van der Waals surface area contributed by atoms with Crippen LogP contribution < -0.4 is 5.32 Å². The summed E-state index contributed by atoms with van der Waals surface area (Å²) in [5.74, 6) is -1.87. The summed E-state index contributed by atoms with van der Waals surface area (Å²) in [4.78, 5) is 48.6. The van der Waals surface area contributed by atoms with Crippen LogP contribution in [-0.2, 0) is 14.4 Å². The normalized spacial score (nSPS) is 26.6. The standard InChI is InChI=1S/C11H15N3O5S/c1-2-9-14(6(5-20-9)10(17)18)11(19)13-3-7(15)12-8(16)4-13/h6,9H,2-5H2,1H3,(H,17,18)(H,12,15,16). The number of carbonyl (C=O) groups excluding carboxylic acids is 3. The highest BCUT2D eigenvalue weighted by atomic mass is 32.2. The fourth-order valence-corrected chi connectivity index (χ4v) is 3.60. The molecule has 2 fully saturated rings. The summed E-state index contributed by atoms with van der Waals surface area (Å²) < 4.78 is 0. The molecule has 2 atom stereocenters. The second-order valence-corrected chi connectivity index (χ2v) is 5.78. The van der Waals surface area contributed by atoms with Crippen LogP contribution in [-0.4, -0.2) is 69.0 Å². The van der Waals surface area contributed by atoms with Crippen molar-refractivity contribution in [2.45, 2.75) is 24.8 Å². The number of aliphatic carboxylic acids is 1. The van der Waals surface area contributed by atoms with Gasteiger partial charge in [-0.15, -0.1) is 11.8 Å². The highest BCUT2D eigenvalue weighted by Crippen LogP contribution is 2.32. The van der Waals surface area contributed by atoms with Crippen molar-refractivity contribution < 1.29 is 24.3 Å². The Morgan fingerprint density at radius 2 is 1.95 bits per heavy atom. The minimum Gasteiger partial charge on any atom is -0.480 e. The van der Waals surface area contributed by atoms with Gasteiger partial charge in [-0.3, -0.25) is 19.8 Å². The lowest BCUT2D eigenvalue weighted by Gasteiger charge is -2.34. The van der Waals surface area contributed by atoms with Crippen molar-refractivity contribution in [1.82, 2.24) is 15.1 Å². The summed E-state index contributed by atoms with van der Waals surface area (Å²) in [5.41, 5.74) is 0. The first kappa shape index (κ1) is 14.6. The number of hydrogen-bond acceptors (Lipinski definition) is 5. The van der Waals surface area contributed by atoms with Crippen LogP contribution in [0.2, 0.25) is 0 Å². The highest BCUT2D eigenvalue weighted by Gasteiger charge is 2.43. The predicted octanol–water partition coefficient (Wildman–Crippen LogP) is -0.697. The molecule has 0 saturated carbocycles. The zero-order chi connectivity index (χ0) is 14.9. The van der Waals surface area contributed by atoms with E-state index in [1.807, 2.05) is 6.92 Å². The fourth-order valence-electron chi connectivity index (χ4n) is 2.26. The summed E-state index contributed by atoms with van der Waals surface area (Å²) in [5, 5.41) is 11.0. The Kier molecular flexibility index (Phi) is 4.17. The first-order valence-corrected chi connectivity index (χ1v) is 7.23. The van der Waals surface area contributed by atoms with E-state index in [1.165, 1.54) is 16.7 Å². The molecule has 0 aromatic carbocycles. The lowest BCUT2D eigenvalue weighted by molar-refractivity contribution is -0.141. The maximum atomic E-state index is 12.4. The van der Waals surface area contributed by atoms with E-state index >= 15 is 0 Å². The van der Waals surface area contributed by atoms with Gasteiger partial charge in [0.05, 0.1) is 5.37 Å². The summed E-state index contributed by atoms with van der Waals surface area (Å²) >= 11 is 1.39. The first-order valence-electron chi connectivity index (χ1n) is 6.18. The number of piperazine rings is 1. The second kappa shape index (κ2) is 5.70. The van der Waals surface area contributed by atoms with Crippen LogP contribution in [0.4, 0.5) is 4.79 Å². The van der Waals surface area contributed by atoms with Crippen molar-refractivity contribution in [2.75, 3.05) is 18.8 Å². The molecule has 2 heterocycles. The zero-order valence-corrected chi connectivity index (χ0v) is 11.7. The molecule has 8 nitrogen and oxygen atoms in total. The second-order valence-electron chi connectivity index (χ2n) is 4.57. The number of urea groups is 1. The number of imide groups is 1. The molecule has 0 radical (unpaired) electrons. The third-order valence-corrected chi connectivity index (χ3v) is 4.62. The number of carbonyl (C=O) groups is 4. The quantitative estimate of drug-likeness (QED) is 0.653. The van der Waals surface area contributed by atoms with Gasteiger partial charge in [0, 0.05) is 5.75 Å². The Morgan fingerprint density at radius 1 is 1.35 bits per heavy atom. The van der Waals surface area contributed by atoms with Gasteiger partial charge in [0.25, 0.3) is 0 Å². The fraction of sp³-hybridized carbons (Fsp3) is 0.636. The molecule has 4 amide bonds. The number of thioether (sulfide) groups is 1. The van der Waals surface area contributed by atoms with E-state index in [1.54, 1.807) is 0 Å². The van der Waals surface area contributed by atoms with Crippen LogP contribution in [0.25, 0.3) is 0 Å². The molecule has 0 aliphatic carbocycles. The molecule has 0 aromatic rings. The molecule has 0 bridgehead atoms. The highest BCUT2D eigenvalue weighted by molar-refractivity contribution is 8.00. The van der Waals surface area contributed by atoms with E-state index in [0.717, 1.165) is 4.90 Å². The van der Waals surface area contributed by atoms with E-state index in [-0.39, 0.29) is 18.5 Å². The van der Waals surface area contributed by atoms with E-state index in [2.05, 4.69) is 5.32 Å². The van der Waals surface area contributed by atoms with E-state index in [4.69, 9.17) is 0 Å². The van der Waals surface area contributed by atoms with Gasteiger partial charge in [0.15, 0.2) is 0 Å². The van der Waals surface area contributed by atoms with Crippen LogP contribution >= 0.6 is 11.8 Å². The average molecular weight is 301 g/mol. The zero-order valence-electron chi connectivity index (χ0n) is 10.9. The molecule has 9 heteroatoms. The van der Waals surface area contributed by atoms with Crippen LogP contribution in [0.3, 0.4) is 0 Å². The molecule has 110 valence electrons. The van der Waals surface area contributed by atoms with Crippen molar-refractivity contribution in [1.29, 1.82) is 0 Å². The van der Waals surface area contributed by atoms with Gasteiger partial charge in [-0.05, 0) is 6.42 Å². The Labute approximate surface area is 119 Å². The maximum Gasteiger partial charge on any atom is 0.327 e. The minimum atomic E-state index is -1.07.